The Kier molecular flexibility index (Phi) is 9.68. The van der Waals surface area contributed by atoms with Gasteiger partial charge >= 0.3 is 0 Å². The summed E-state index contributed by atoms with van der Waals surface area (Å²) in [5.74, 6) is 0.954. The fourth-order valence-electron chi connectivity index (χ4n) is 4.52. The highest BCUT2D eigenvalue weighted by Crippen LogP contribution is 2.20. The van der Waals surface area contributed by atoms with Gasteiger partial charge in [0.05, 0.1) is 26.1 Å². The van der Waals surface area contributed by atoms with Gasteiger partial charge in [0.15, 0.2) is 0 Å². The Morgan fingerprint density at radius 2 is 1.74 bits per heavy atom. The lowest BCUT2D eigenvalue weighted by Gasteiger charge is -2.27. The van der Waals surface area contributed by atoms with E-state index in [9.17, 15) is 9.59 Å². The molecule has 2 amide bonds. The van der Waals surface area contributed by atoms with E-state index in [0.29, 0.717) is 39.0 Å². The predicted molar refractivity (Wildman–Crippen MR) is 137 cm³/mol. The lowest BCUT2D eigenvalue weighted by atomic mass is 10.1. The average Bonchev–Trinajstić information content (AvgIpc) is 3.08. The number of hydrogen-bond acceptors (Lipinski definition) is 5. The second kappa shape index (κ2) is 12.9. The molecule has 0 N–H and O–H groups in total. The Hall–Kier alpha value is -3.37. The van der Waals surface area contributed by atoms with Crippen molar-refractivity contribution in [1.82, 2.24) is 9.80 Å². The van der Waals surface area contributed by atoms with Gasteiger partial charge in [-0.15, -0.1) is 0 Å². The zero-order chi connectivity index (χ0) is 25.2. The topological polar surface area (TPSA) is 76.9 Å². The Labute approximate surface area is 208 Å². The van der Waals surface area contributed by atoms with Crippen molar-refractivity contribution >= 4 is 17.5 Å². The minimum atomic E-state index is -0.00969. The van der Waals surface area contributed by atoms with Crippen molar-refractivity contribution in [1.29, 1.82) is 5.26 Å². The molecule has 0 saturated carbocycles. The summed E-state index contributed by atoms with van der Waals surface area (Å²) in [5.41, 5.74) is 4.14. The summed E-state index contributed by atoms with van der Waals surface area (Å²) in [6.07, 6.45) is 2.30. The molecule has 7 heteroatoms. The summed E-state index contributed by atoms with van der Waals surface area (Å²) >= 11 is 0. The number of carbonyl (C=O) groups excluding carboxylic acids is 2. The number of aryl methyl sites for hydroxylation is 3. The molecule has 0 aliphatic carbocycles. The van der Waals surface area contributed by atoms with Gasteiger partial charge in [0.1, 0.15) is 5.75 Å². The van der Waals surface area contributed by atoms with Gasteiger partial charge in [0.2, 0.25) is 11.8 Å². The van der Waals surface area contributed by atoms with Gasteiger partial charge in [-0.1, -0.05) is 18.2 Å². The zero-order valence-electron chi connectivity index (χ0n) is 21.1. The first-order valence-corrected chi connectivity index (χ1v) is 12.3. The van der Waals surface area contributed by atoms with E-state index in [1.165, 1.54) is 0 Å². The molecule has 3 rings (SSSR count). The van der Waals surface area contributed by atoms with E-state index >= 15 is 0 Å². The molecule has 35 heavy (non-hydrogen) atoms. The molecule has 2 aromatic rings. The van der Waals surface area contributed by atoms with E-state index in [4.69, 9.17) is 10.00 Å². The van der Waals surface area contributed by atoms with Crippen molar-refractivity contribution in [3.05, 3.63) is 59.2 Å². The van der Waals surface area contributed by atoms with Gasteiger partial charge in [-0.05, 0) is 67.6 Å². The summed E-state index contributed by atoms with van der Waals surface area (Å²) in [6.45, 7) is 7.45. The highest BCUT2D eigenvalue weighted by molar-refractivity contribution is 5.95. The van der Waals surface area contributed by atoms with Crippen LogP contribution in [0.25, 0.3) is 0 Å². The zero-order valence-corrected chi connectivity index (χ0v) is 21.1. The van der Waals surface area contributed by atoms with E-state index in [0.717, 1.165) is 41.1 Å². The fourth-order valence-corrected chi connectivity index (χ4v) is 4.52. The maximum atomic E-state index is 13.3. The largest absolute Gasteiger partial charge is 0.497 e. The van der Waals surface area contributed by atoms with E-state index in [1.54, 1.807) is 12.0 Å². The third-order valence-electron chi connectivity index (χ3n) is 6.35. The lowest BCUT2D eigenvalue weighted by Crippen LogP contribution is -2.42. The van der Waals surface area contributed by atoms with Gasteiger partial charge in [-0.3, -0.25) is 14.5 Å². The van der Waals surface area contributed by atoms with E-state index in [1.807, 2.05) is 55.1 Å². The quantitative estimate of drug-likeness (QED) is 0.551. The molecule has 186 valence electrons. The number of methoxy groups -OCH3 is 1. The molecule has 1 saturated heterocycles. The van der Waals surface area contributed by atoms with Crippen LogP contribution in [0, 0.1) is 25.2 Å². The number of nitrogens with zero attached hydrogens (tertiary/aromatic N) is 4. The van der Waals surface area contributed by atoms with Crippen LogP contribution < -0.4 is 9.64 Å². The molecule has 2 aromatic carbocycles. The monoisotopic (exact) mass is 476 g/mol. The Morgan fingerprint density at radius 3 is 2.40 bits per heavy atom. The number of amides is 2. The highest BCUT2D eigenvalue weighted by atomic mass is 16.5. The predicted octanol–water partition coefficient (Wildman–Crippen LogP) is 3.73. The van der Waals surface area contributed by atoms with E-state index in [-0.39, 0.29) is 24.8 Å². The second-order valence-electron chi connectivity index (χ2n) is 9.16. The third-order valence-corrected chi connectivity index (χ3v) is 6.35. The van der Waals surface area contributed by atoms with E-state index in [2.05, 4.69) is 17.0 Å². The smallest absolute Gasteiger partial charge is 0.241 e. The van der Waals surface area contributed by atoms with Crippen LogP contribution in [-0.2, 0) is 16.0 Å². The molecule has 0 bridgehead atoms. The minimum Gasteiger partial charge on any atom is -0.497 e. The van der Waals surface area contributed by atoms with Crippen molar-refractivity contribution in [2.24, 2.45) is 0 Å². The summed E-state index contributed by atoms with van der Waals surface area (Å²) in [4.78, 5) is 31.9. The fraction of sp³-hybridized carbons (Fsp3) is 0.464. The van der Waals surface area contributed by atoms with Crippen LogP contribution in [0.2, 0.25) is 0 Å². The Morgan fingerprint density at radius 1 is 1.03 bits per heavy atom. The van der Waals surface area contributed by atoms with Crippen molar-refractivity contribution in [3.8, 4) is 11.8 Å². The van der Waals surface area contributed by atoms with Crippen molar-refractivity contribution < 1.29 is 14.3 Å². The molecule has 1 aliphatic heterocycles. The van der Waals surface area contributed by atoms with Crippen LogP contribution in [0.15, 0.2) is 42.5 Å². The van der Waals surface area contributed by atoms with Crippen LogP contribution in [0.5, 0.6) is 5.75 Å². The number of benzene rings is 2. The van der Waals surface area contributed by atoms with Gasteiger partial charge in [-0.2, -0.15) is 5.26 Å². The summed E-state index contributed by atoms with van der Waals surface area (Å²) < 4.78 is 5.19. The number of ether oxygens (including phenoxy) is 1. The van der Waals surface area contributed by atoms with Gasteiger partial charge in [-0.25, -0.2) is 0 Å². The van der Waals surface area contributed by atoms with Gasteiger partial charge in [0, 0.05) is 44.8 Å². The number of rotatable bonds is 9. The maximum absolute atomic E-state index is 13.3. The minimum absolute atomic E-state index is 0.00969. The van der Waals surface area contributed by atoms with Gasteiger partial charge < -0.3 is 14.5 Å². The first-order chi connectivity index (χ1) is 16.9. The van der Waals surface area contributed by atoms with Crippen LogP contribution in [-0.4, -0.2) is 68.0 Å². The first kappa shape index (κ1) is 26.2. The second-order valence-corrected chi connectivity index (χ2v) is 9.16. The maximum Gasteiger partial charge on any atom is 0.241 e. The third kappa shape index (κ3) is 7.83. The number of hydrogen-bond donors (Lipinski definition) is 0. The molecule has 1 fully saturated rings. The molecule has 7 nitrogen and oxygen atoms in total. The molecule has 1 aliphatic rings. The molecule has 0 aromatic heterocycles. The average molecular weight is 477 g/mol. The van der Waals surface area contributed by atoms with Crippen LogP contribution in [0.1, 0.15) is 36.0 Å². The van der Waals surface area contributed by atoms with Gasteiger partial charge in [0.25, 0.3) is 0 Å². The Bertz CT molecular complexity index is 1020. The molecule has 0 radical (unpaired) electrons. The summed E-state index contributed by atoms with van der Waals surface area (Å²) in [5, 5.41) is 9.09. The summed E-state index contributed by atoms with van der Waals surface area (Å²) in [7, 11) is 1.64. The molecular formula is C28H36N4O3. The molecule has 0 spiro atoms. The first-order valence-electron chi connectivity index (χ1n) is 12.3. The molecular weight excluding hydrogens is 440 g/mol. The molecule has 1 heterocycles. The standard InChI is InChI=1S/C28H36N4O3/c1-22-18-23(2)20-25(19-22)32(15-4-12-29)28(34)21-30-13-5-14-31(17-16-30)27(33)11-8-24-6-9-26(35-3)10-7-24/h6-7,9-10,18-20H,4-5,8,11,13-17,21H2,1-3H3. The van der Waals surface area contributed by atoms with Crippen molar-refractivity contribution in [2.45, 2.75) is 39.5 Å². The van der Waals surface area contributed by atoms with E-state index < -0.39 is 0 Å². The SMILES string of the molecule is COc1ccc(CCC(=O)N2CCCN(CC(=O)N(CCC#N)c3cc(C)cc(C)c3)CC2)cc1. The van der Waals surface area contributed by atoms with Crippen LogP contribution in [0.3, 0.4) is 0 Å². The number of nitriles is 1. The van der Waals surface area contributed by atoms with Crippen molar-refractivity contribution in [2.75, 3.05) is 51.3 Å². The van der Waals surface area contributed by atoms with Crippen molar-refractivity contribution in [3.63, 3.8) is 0 Å². The number of anilines is 1. The number of carbonyl (C=O) groups is 2. The Balaban J connectivity index is 1.54. The molecule has 0 atom stereocenters. The molecule has 0 unspecified atom stereocenters. The summed E-state index contributed by atoms with van der Waals surface area (Å²) in [6, 6.07) is 16.0. The van der Waals surface area contributed by atoms with Crippen LogP contribution in [0.4, 0.5) is 5.69 Å². The highest BCUT2D eigenvalue weighted by Gasteiger charge is 2.23. The normalized spacial score (nSPS) is 14.2. The lowest BCUT2D eigenvalue weighted by molar-refractivity contribution is -0.131. The van der Waals surface area contributed by atoms with Crippen LogP contribution >= 0.6 is 0 Å².